The Labute approximate surface area is 387 Å². The van der Waals surface area contributed by atoms with Crippen LogP contribution in [0.4, 0.5) is 34.1 Å². The van der Waals surface area contributed by atoms with Gasteiger partial charge in [0.25, 0.3) is 0 Å². The SMILES string of the molecule is CC1(C)c2ccccc2-c2ccc(N(c3ccccc3)c3ccc4c(c3)C3(c5ccccc5-4)c4cc(N(c5ccccc5)c5ccccc5)ccc4-c4cccc(-c5ccccc5)c43)cc21. The Morgan fingerprint density at radius 1 is 0.258 bits per heavy atom. The van der Waals surface area contributed by atoms with Crippen LogP contribution in [-0.2, 0) is 10.8 Å². The summed E-state index contributed by atoms with van der Waals surface area (Å²) in [6.45, 7) is 4.74. The molecule has 0 bridgehead atoms. The summed E-state index contributed by atoms with van der Waals surface area (Å²) in [6.07, 6.45) is 0. The predicted molar refractivity (Wildman–Crippen MR) is 275 cm³/mol. The molecule has 0 amide bonds. The molecule has 3 aliphatic rings. The molecule has 10 aromatic rings. The molecule has 2 nitrogen and oxygen atoms in total. The lowest BCUT2D eigenvalue weighted by molar-refractivity contribution is 0.660. The van der Waals surface area contributed by atoms with Crippen LogP contribution in [0.2, 0.25) is 0 Å². The van der Waals surface area contributed by atoms with E-state index in [2.05, 4.69) is 266 Å². The van der Waals surface area contributed by atoms with Gasteiger partial charge >= 0.3 is 0 Å². The minimum Gasteiger partial charge on any atom is -0.310 e. The number of rotatable bonds is 7. The number of fused-ring (bicyclic) bond motifs is 13. The highest BCUT2D eigenvalue weighted by Gasteiger charge is 2.53. The molecule has 0 saturated heterocycles. The zero-order valence-electron chi connectivity index (χ0n) is 37.0. The van der Waals surface area contributed by atoms with Crippen LogP contribution in [0.15, 0.2) is 243 Å². The fraction of sp³-hybridized carbons (Fsp3) is 0.0625. The van der Waals surface area contributed by atoms with Crippen LogP contribution in [0.3, 0.4) is 0 Å². The molecule has 1 spiro atoms. The highest BCUT2D eigenvalue weighted by atomic mass is 15.1. The van der Waals surface area contributed by atoms with Crippen LogP contribution in [0.1, 0.15) is 47.2 Å². The average Bonchev–Trinajstić information content (AvgIpc) is 3.93. The summed E-state index contributed by atoms with van der Waals surface area (Å²) < 4.78 is 0. The number of nitrogens with zero attached hydrogens (tertiary/aromatic N) is 2. The molecule has 10 aromatic carbocycles. The fourth-order valence-electron chi connectivity index (χ4n) is 11.8. The molecule has 66 heavy (non-hydrogen) atoms. The van der Waals surface area contributed by atoms with Gasteiger partial charge in [-0.05, 0) is 151 Å². The highest BCUT2D eigenvalue weighted by molar-refractivity contribution is 6.01. The lowest BCUT2D eigenvalue weighted by Gasteiger charge is -2.34. The second-order valence-corrected chi connectivity index (χ2v) is 18.4. The van der Waals surface area contributed by atoms with E-state index in [0.717, 1.165) is 34.1 Å². The second kappa shape index (κ2) is 14.7. The first-order valence-electron chi connectivity index (χ1n) is 23.1. The Hall–Kier alpha value is -8.20. The van der Waals surface area contributed by atoms with Gasteiger partial charge in [-0.25, -0.2) is 0 Å². The van der Waals surface area contributed by atoms with Gasteiger partial charge in [0, 0.05) is 39.5 Å². The largest absolute Gasteiger partial charge is 0.310 e. The summed E-state index contributed by atoms with van der Waals surface area (Å²) >= 11 is 0. The van der Waals surface area contributed by atoms with Crippen molar-refractivity contribution < 1.29 is 0 Å². The minimum absolute atomic E-state index is 0.135. The van der Waals surface area contributed by atoms with Gasteiger partial charge in [0.1, 0.15) is 0 Å². The van der Waals surface area contributed by atoms with Crippen LogP contribution in [-0.4, -0.2) is 0 Å². The van der Waals surface area contributed by atoms with Crippen molar-refractivity contribution in [3.63, 3.8) is 0 Å². The van der Waals surface area contributed by atoms with Gasteiger partial charge in [0.15, 0.2) is 0 Å². The Morgan fingerprint density at radius 2 is 0.621 bits per heavy atom. The van der Waals surface area contributed by atoms with Crippen LogP contribution in [0, 0.1) is 0 Å². The second-order valence-electron chi connectivity index (χ2n) is 18.4. The zero-order chi connectivity index (χ0) is 44.0. The molecule has 1 atom stereocenters. The fourth-order valence-corrected chi connectivity index (χ4v) is 11.8. The van der Waals surface area contributed by atoms with Gasteiger partial charge in [0.2, 0.25) is 0 Å². The quantitative estimate of drug-likeness (QED) is 0.158. The van der Waals surface area contributed by atoms with Crippen LogP contribution < -0.4 is 9.80 Å². The molecule has 3 aliphatic carbocycles. The van der Waals surface area contributed by atoms with E-state index in [1.165, 1.54) is 77.9 Å². The van der Waals surface area contributed by atoms with Crippen molar-refractivity contribution in [2.45, 2.75) is 24.7 Å². The summed E-state index contributed by atoms with van der Waals surface area (Å²) in [7, 11) is 0. The van der Waals surface area contributed by atoms with Crippen LogP contribution in [0.5, 0.6) is 0 Å². The highest BCUT2D eigenvalue weighted by Crippen LogP contribution is 2.66. The molecule has 0 aromatic heterocycles. The van der Waals surface area contributed by atoms with Crippen molar-refractivity contribution in [3.8, 4) is 44.5 Å². The molecule has 0 heterocycles. The maximum atomic E-state index is 2.52. The maximum Gasteiger partial charge on any atom is 0.0733 e. The molecular weight excluding hydrogens is 797 g/mol. The molecular formula is C64H46N2. The van der Waals surface area contributed by atoms with Gasteiger partial charge in [-0.2, -0.15) is 0 Å². The van der Waals surface area contributed by atoms with Crippen molar-refractivity contribution in [1.82, 2.24) is 0 Å². The predicted octanol–water partition coefficient (Wildman–Crippen LogP) is 16.9. The maximum absolute atomic E-state index is 2.52. The topological polar surface area (TPSA) is 6.48 Å². The lowest BCUT2D eigenvalue weighted by Crippen LogP contribution is -2.27. The summed E-state index contributed by atoms with van der Waals surface area (Å²) in [4.78, 5) is 4.87. The minimum atomic E-state index is -0.641. The van der Waals surface area contributed by atoms with Crippen molar-refractivity contribution in [2.24, 2.45) is 0 Å². The number of hydrogen-bond acceptors (Lipinski definition) is 2. The Kier molecular flexibility index (Phi) is 8.51. The third-order valence-electron chi connectivity index (χ3n) is 14.6. The molecule has 1 unspecified atom stereocenters. The van der Waals surface area contributed by atoms with Crippen LogP contribution >= 0.6 is 0 Å². The smallest absolute Gasteiger partial charge is 0.0733 e. The van der Waals surface area contributed by atoms with E-state index >= 15 is 0 Å². The number of hydrogen-bond donors (Lipinski definition) is 0. The van der Waals surface area contributed by atoms with E-state index in [4.69, 9.17) is 0 Å². The van der Waals surface area contributed by atoms with Gasteiger partial charge < -0.3 is 9.80 Å². The van der Waals surface area contributed by atoms with Crippen molar-refractivity contribution in [3.05, 3.63) is 276 Å². The Balaban J connectivity index is 1.09. The standard InChI is InChI=1S/C64H46N2/c1-63(2)57-32-17-15-28-51(57)53-37-34-47(40-59(53)63)66(46-26-13-6-14-27-46)49-35-38-54-52-29-16-18-33-58(52)64(60(54)42-49)61-41-48(65(44-22-9-4-10-23-44)45-24-11-5-12-25-45)36-39-55(61)56-31-19-30-50(62(56)64)43-20-7-3-8-21-43/h3-42H,1-2H3. The monoisotopic (exact) mass is 842 g/mol. The molecule has 0 saturated carbocycles. The third-order valence-corrected chi connectivity index (χ3v) is 14.6. The molecule has 0 radical (unpaired) electrons. The molecule has 13 rings (SSSR count). The van der Waals surface area contributed by atoms with E-state index < -0.39 is 5.41 Å². The Morgan fingerprint density at radius 3 is 1.17 bits per heavy atom. The summed E-state index contributed by atoms with van der Waals surface area (Å²) in [5, 5.41) is 0. The van der Waals surface area contributed by atoms with E-state index in [0.29, 0.717) is 0 Å². The first-order valence-corrected chi connectivity index (χ1v) is 23.1. The van der Waals surface area contributed by atoms with E-state index in [1.54, 1.807) is 0 Å². The van der Waals surface area contributed by atoms with Crippen molar-refractivity contribution in [2.75, 3.05) is 9.80 Å². The molecule has 0 aliphatic heterocycles. The molecule has 0 N–H and O–H groups in total. The van der Waals surface area contributed by atoms with Crippen molar-refractivity contribution >= 4 is 34.1 Å². The van der Waals surface area contributed by atoms with Gasteiger partial charge in [0.05, 0.1) is 5.41 Å². The van der Waals surface area contributed by atoms with Gasteiger partial charge in [-0.3, -0.25) is 0 Å². The first-order chi connectivity index (χ1) is 32.5. The summed E-state index contributed by atoms with van der Waals surface area (Å²) in [6, 6.07) is 90.1. The molecule has 2 heteroatoms. The van der Waals surface area contributed by atoms with E-state index in [9.17, 15) is 0 Å². The van der Waals surface area contributed by atoms with Crippen LogP contribution in [0.25, 0.3) is 44.5 Å². The lowest BCUT2D eigenvalue weighted by atomic mass is 9.68. The van der Waals surface area contributed by atoms with E-state index in [-0.39, 0.29) is 5.41 Å². The van der Waals surface area contributed by atoms with Gasteiger partial charge in [-0.1, -0.05) is 184 Å². The number of anilines is 6. The Bertz CT molecular complexity index is 3460. The summed E-state index contributed by atoms with van der Waals surface area (Å²) in [5.74, 6) is 0. The normalized spacial score (nSPS) is 15.3. The van der Waals surface area contributed by atoms with Gasteiger partial charge in [-0.15, -0.1) is 0 Å². The third kappa shape index (κ3) is 5.48. The van der Waals surface area contributed by atoms with Crippen molar-refractivity contribution in [1.29, 1.82) is 0 Å². The average molecular weight is 843 g/mol. The summed E-state index contributed by atoms with van der Waals surface area (Å²) in [5.41, 5.74) is 24.1. The zero-order valence-corrected chi connectivity index (χ0v) is 37.0. The molecule has 0 fully saturated rings. The van der Waals surface area contributed by atoms with E-state index in [1.807, 2.05) is 0 Å². The first kappa shape index (κ1) is 38.3. The molecule has 312 valence electrons. The number of para-hydroxylation sites is 3. The number of benzene rings is 10.